The van der Waals surface area contributed by atoms with Gasteiger partial charge in [-0.25, -0.2) is 4.79 Å². The van der Waals surface area contributed by atoms with Crippen molar-refractivity contribution in [3.63, 3.8) is 0 Å². The fourth-order valence-electron chi connectivity index (χ4n) is 5.57. The summed E-state index contributed by atoms with van der Waals surface area (Å²) in [4.78, 5) is 26.9. The number of furan rings is 1. The maximum absolute atomic E-state index is 12.5. The number of nitrogens with zero attached hydrogens (tertiary/aromatic N) is 1. The first kappa shape index (κ1) is 17.4. The molecule has 1 saturated carbocycles. The molecule has 4 atom stereocenters. The summed E-state index contributed by atoms with van der Waals surface area (Å²) in [6.07, 6.45) is 7.77. The Morgan fingerprint density at radius 3 is 3.08 bits per heavy atom. The Morgan fingerprint density at radius 1 is 1.38 bits per heavy atom. The van der Waals surface area contributed by atoms with Crippen LogP contribution in [0, 0.1) is 11.8 Å². The Bertz CT molecular complexity index is 659. The number of nitrogens with one attached hydrogen (secondary N) is 1. The van der Waals surface area contributed by atoms with Gasteiger partial charge in [-0.1, -0.05) is 6.92 Å². The Kier molecular flexibility index (Phi) is 4.67. The molecule has 3 aliphatic rings. The van der Waals surface area contributed by atoms with Crippen molar-refractivity contribution in [1.29, 1.82) is 0 Å². The van der Waals surface area contributed by atoms with E-state index in [9.17, 15) is 9.59 Å². The standard InChI is InChI=1S/C20H28N2O4/c1-14-16-6-2-7-18(23)22-11-4-9-20(16,22)10-8-17(14)26-19(24)21-13-15-5-3-12-25-15/h3,5,12,14,16-17H,2,4,6-11,13H2,1H3,(H,21,24)/t14-,16+,17+,20-/m1/s1. The molecule has 0 radical (unpaired) electrons. The van der Waals surface area contributed by atoms with Crippen molar-refractivity contribution >= 4 is 12.0 Å². The molecule has 0 aromatic carbocycles. The molecule has 1 N–H and O–H groups in total. The normalized spacial score (nSPS) is 34.0. The lowest BCUT2D eigenvalue weighted by Gasteiger charge is -2.51. The average molecular weight is 360 g/mol. The first-order valence-electron chi connectivity index (χ1n) is 9.87. The van der Waals surface area contributed by atoms with Gasteiger partial charge in [0.05, 0.1) is 12.8 Å². The molecule has 3 fully saturated rings. The van der Waals surface area contributed by atoms with Crippen LogP contribution < -0.4 is 5.32 Å². The fraction of sp³-hybridized carbons (Fsp3) is 0.700. The molecule has 2 saturated heterocycles. The van der Waals surface area contributed by atoms with Crippen LogP contribution >= 0.6 is 0 Å². The maximum atomic E-state index is 12.5. The lowest BCUT2D eigenvalue weighted by molar-refractivity contribution is -0.140. The third-order valence-corrected chi connectivity index (χ3v) is 6.75. The second kappa shape index (κ2) is 6.97. The number of amides is 2. The van der Waals surface area contributed by atoms with E-state index >= 15 is 0 Å². The van der Waals surface area contributed by atoms with Crippen molar-refractivity contribution in [1.82, 2.24) is 10.2 Å². The van der Waals surface area contributed by atoms with E-state index in [0.29, 0.717) is 30.6 Å². The Labute approximate surface area is 154 Å². The number of alkyl carbamates (subject to hydrolysis) is 1. The Balaban J connectivity index is 1.41. The highest BCUT2D eigenvalue weighted by atomic mass is 16.6. The van der Waals surface area contributed by atoms with Crippen LogP contribution in [0.25, 0.3) is 0 Å². The maximum Gasteiger partial charge on any atom is 0.407 e. The quantitative estimate of drug-likeness (QED) is 0.896. The minimum atomic E-state index is -0.387. The van der Waals surface area contributed by atoms with Gasteiger partial charge >= 0.3 is 6.09 Å². The molecular formula is C20H28N2O4. The summed E-state index contributed by atoms with van der Waals surface area (Å²) in [5.74, 6) is 1.73. The molecule has 1 aromatic heterocycles. The number of carbonyl (C=O) groups is 2. The van der Waals surface area contributed by atoms with Crippen LogP contribution in [0.1, 0.15) is 57.6 Å². The molecule has 1 spiro atoms. The van der Waals surface area contributed by atoms with Crippen LogP contribution in [0.15, 0.2) is 22.8 Å². The van der Waals surface area contributed by atoms with Crippen LogP contribution in [0.3, 0.4) is 0 Å². The lowest BCUT2D eigenvalue weighted by Crippen LogP contribution is -2.58. The van der Waals surface area contributed by atoms with Gasteiger partial charge in [0.25, 0.3) is 0 Å². The average Bonchev–Trinajstić information content (AvgIpc) is 3.26. The van der Waals surface area contributed by atoms with Crippen LogP contribution in [0.2, 0.25) is 0 Å². The second-order valence-corrected chi connectivity index (χ2v) is 8.03. The predicted octanol–water partition coefficient (Wildman–Crippen LogP) is 3.47. The van der Waals surface area contributed by atoms with E-state index in [0.717, 1.165) is 45.1 Å². The van der Waals surface area contributed by atoms with Gasteiger partial charge in [0.15, 0.2) is 0 Å². The molecule has 6 heteroatoms. The van der Waals surface area contributed by atoms with Gasteiger partial charge in [-0.3, -0.25) is 4.79 Å². The molecule has 4 rings (SSSR count). The zero-order valence-corrected chi connectivity index (χ0v) is 15.4. The molecule has 2 amide bonds. The van der Waals surface area contributed by atoms with Gasteiger partial charge < -0.3 is 19.4 Å². The number of hydrogen-bond acceptors (Lipinski definition) is 4. The van der Waals surface area contributed by atoms with E-state index in [1.165, 1.54) is 0 Å². The highest BCUT2D eigenvalue weighted by molar-refractivity contribution is 5.78. The zero-order chi connectivity index (χ0) is 18.1. The van der Waals surface area contributed by atoms with E-state index in [-0.39, 0.29) is 23.7 Å². The van der Waals surface area contributed by atoms with E-state index in [1.807, 2.05) is 6.07 Å². The molecule has 3 heterocycles. The summed E-state index contributed by atoms with van der Waals surface area (Å²) in [6, 6.07) is 3.62. The van der Waals surface area contributed by atoms with Gasteiger partial charge in [0.2, 0.25) is 5.91 Å². The summed E-state index contributed by atoms with van der Waals surface area (Å²) in [6.45, 7) is 3.43. The number of hydrogen-bond donors (Lipinski definition) is 1. The van der Waals surface area contributed by atoms with E-state index in [2.05, 4.69) is 17.1 Å². The zero-order valence-electron chi connectivity index (χ0n) is 15.4. The van der Waals surface area contributed by atoms with Crippen molar-refractivity contribution in [3.05, 3.63) is 24.2 Å². The lowest BCUT2D eigenvalue weighted by atomic mass is 9.64. The second-order valence-electron chi connectivity index (χ2n) is 8.03. The molecule has 1 aliphatic carbocycles. The van der Waals surface area contributed by atoms with E-state index < -0.39 is 0 Å². The Morgan fingerprint density at radius 2 is 2.27 bits per heavy atom. The molecule has 0 unspecified atom stereocenters. The summed E-state index contributed by atoms with van der Waals surface area (Å²) in [7, 11) is 0. The van der Waals surface area contributed by atoms with Gasteiger partial charge in [-0.2, -0.15) is 0 Å². The monoisotopic (exact) mass is 360 g/mol. The SMILES string of the molecule is C[C@H]1[C@@H](OC(=O)NCc2ccco2)CC[C@@]23CCCN2C(=O)CCC[C@@H]13. The fourth-order valence-corrected chi connectivity index (χ4v) is 5.57. The van der Waals surface area contributed by atoms with E-state index in [1.54, 1.807) is 12.3 Å². The van der Waals surface area contributed by atoms with Crippen LogP contribution in [0.5, 0.6) is 0 Å². The summed E-state index contributed by atoms with van der Waals surface area (Å²) < 4.78 is 11.0. The van der Waals surface area contributed by atoms with Gasteiger partial charge in [0.1, 0.15) is 11.9 Å². The Hall–Kier alpha value is -1.98. The van der Waals surface area contributed by atoms with Crippen molar-refractivity contribution in [2.24, 2.45) is 11.8 Å². The molecule has 2 aliphatic heterocycles. The van der Waals surface area contributed by atoms with Gasteiger partial charge in [-0.05, 0) is 62.5 Å². The molecule has 6 nitrogen and oxygen atoms in total. The van der Waals surface area contributed by atoms with Crippen molar-refractivity contribution in [2.45, 2.75) is 70.1 Å². The van der Waals surface area contributed by atoms with Crippen molar-refractivity contribution in [2.75, 3.05) is 6.54 Å². The first-order chi connectivity index (χ1) is 12.6. The molecule has 1 aromatic rings. The smallest absolute Gasteiger partial charge is 0.407 e. The predicted molar refractivity (Wildman–Crippen MR) is 95.2 cm³/mol. The van der Waals surface area contributed by atoms with Gasteiger partial charge in [-0.15, -0.1) is 0 Å². The van der Waals surface area contributed by atoms with Crippen LogP contribution in [0.4, 0.5) is 4.79 Å². The van der Waals surface area contributed by atoms with Crippen molar-refractivity contribution < 1.29 is 18.7 Å². The van der Waals surface area contributed by atoms with Crippen molar-refractivity contribution in [3.8, 4) is 0 Å². The third-order valence-electron chi connectivity index (χ3n) is 6.75. The van der Waals surface area contributed by atoms with Crippen LogP contribution in [-0.4, -0.2) is 35.1 Å². The molecule has 0 bridgehead atoms. The first-order valence-corrected chi connectivity index (χ1v) is 9.87. The molecular weight excluding hydrogens is 332 g/mol. The van der Waals surface area contributed by atoms with Gasteiger partial charge in [0, 0.05) is 18.5 Å². The minimum absolute atomic E-state index is 0.0114. The highest BCUT2D eigenvalue weighted by Gasteiger charge is 2.55. The number of carbonyl (C=O) groups excluding carboxylic acids is 2. The number of ether oxygens (including phenoxy) is 1. The number of rotatable bonds is 3. The van der Waals surface area contributed by atoms with Crippen LogP contribution in [-0.2, 0) is 16.1 Å². The largest absolute Gasteiger partial charge is 0.467 e. The summed E-state index contributed by atoms with van der Waals surface area (Å²) >= 11 is 0. The molecule has 142 valence electrons. The van der Waals surface area contributed by atoms with E-state index in [4.69, 9.17) is 9.15 Å². The third kappa shape index (κ3) is 2.99. The topological polar surface area (TPSA) is 71.8 Å². The highest BCUT2D eigenvalue weighted by Crippen LogP contribution is 2.52. The minimum Gasteiger partial charge on any atom is -0.467 e. The summed E-state index contributed by atoms with van der Waals surface area (Å²) in [5.41, 5.74) is 0.0114. The molecule has 26 heavy (non-hydrogen) atoms. The summed E-state index contributed by atoms with van der Waals surface area (Å²) in [5, 5.41) is 2.77.